The van der Waals surface area contributed by atoms with Gasteiger partial charge in [0.1, 0.15) is 0 Å². The van der Waals surface area contributed by atoms with Crippen LogP contribution in [-0.4, -0.2) is 60.6 Å². The second kappa shape index (κ2) is 6.83. The molecule has 1 atom stereocenters. The normalized spacial score (nSPS) is 25.6. The molecule has 0 radical (unpaired) electrons. The largest absolute Gasteiger partial charge is 0.351 e. The number of nitrogens with zero attached hydrogens (tertiary/aromatic N) is 3. The monoisotopic (exact) mass is 308 g/mol. The van der Waals surface area contributed by atoms with Crippen LogP contribution in [0.5, 0.6) is 0 Å². The summed E-state index contributed by atoms with van der Waals surface area (Å²) in [4.78, 5) is 21.0. The average Bonchev–Trinajstić information content (AvgIpc) is 3.06. The van der Waals surface area contributed by atoms with E-state index in [9.17, 15) is 4.79 Å². The minimum atomic E-state index is 0.179. The predicted molar refractivity (Wildman–Crippen MR) is 87.1 cm³/mol. The molecule has 116 valence electrons. The molecule has 6 heteroatoms. The molecule has 3 heterocycles. The van der Waals surface area contributed by atoms with Gasteiger partial charge in [0, 0.05) is 30.6 Å². The van der Waals surface area contributed by atoms with E-state index in [-0.39, 0.29) is 5.91 Å². The topological polar surface area (TPSA) is 47.9 Å². The first-order valence-corrected chi connectivity index (χ1v) is 8.73. The Labute approximate surface area is 130 Å². The summed E-state index contributed by atoms with van der Waals surface area (Å²) in [6.45, 7) is 4.81. The fourth-order valence-corrected chi connectivity index (χ4v) is 4.19. The number of hydrogen-bond acceptors (Lipinski definition) is 5. The fraction of sp³-hybridized carbons (Fsp3) is 0.733. The Bertz CT molecular complexity index is 463. The van der Waals surface area contributed by atoms with E-state index in [1.54, 1.807) is 11.8 Å². The van der Waals surface area contributed by atoms with Crippen LogP contribution >= 0.6 is 11.8 Å². The predicted octanol–water partition coefficient (Wildman–Crippen LogP) is 1.48. The maximum atomic E-state index is 12.0. The van der Waals surface area contributed by atoms with Crippen molar-refractivity contribution in [3.8, 4) is 0 Å². The van der Waals surface area contributed by atoms with Gasteiger partial charge >= 0.3 is 0 Å². The summed E-state index contributed by atoms with van der Waals surface area (Å²) < 4.78 is 0. The van der Waals surface area contributed by atoms with Crippen molar-refractivity contribution >= 4 is 22.8 Å². The van der Waals surface area contributed by atoms with Crippen molar-refractivity contribution < 1.29 is 4.79 Å². The lowest BCUT2D eigenvalue weighted by Crippen LogP contribution is -2.34. The van der Waals surface area contributed by atoms with Gasteiger partial charge in [0.05, 0.1) is 13.1 Å². The molecule has 0 bridgehead atoms. The van der Waals surface area contributed by atoms with Crippen molar-refractivity contribution in [1.29, 1.82) is 0 Å². The van der Waals surface area contributed by atoms with Gasteiger partial charge in [-0.15, -0.1) is 0 Å². The number of carbonyl (C=O) groups excluding carboxylic acids is 1. The van der Waals surface area contributed by atoms with Gasteiger partial charge in [-0.3, -0.25) is 9.79 Å². The maximum Gasteiger partial charge on any atom is 0.220 e. The molecule has 0 aromatic rings. The number of piperidine rings is 1. The second-order valence-electron chi connectivity index (χ2n) is 6.13. The Hall–Kier alpha value is -1.01. The lowest BCUT2D eigenvalue weighted by atomic mass is 9.93. The fourth-order valence-electron chi connectivity index (χ4n) is 3.24. The summed E-state index contributed by atoms with van der Waals surface area (Å²) in [5.74, 6) is 0.867. The Morgan fingerprint density at radius 1 is 1.52 bits per heavy atom. The molecule has 0 spiro atoms. The molecule has 1 fully saturated rings. The molecule has 21 heavy (non-hydrogen) atoms. The quantitative estimate of drug-likeness (QED) is 0.836. The Morgan fingerprint density at radius 2 is 2.43 bits per heavy atom. The highest BCUT2D eigenvalue weighted by molar-refractivity contribution is 8.16. The van der Waals surface area contributed by atoms with Crippen LogP contribution in [0.3, 0.4) is 0 Å². The standard InChI is InChI=1S/C15H24N4OS/c1-18-7-2-3-12(10-18)4-5-14(20)17-9-13-11-21-15-16-6-8-19(13)15/h11-12H,2-10H2,1H3,(H,17,20)/t12-/m1/s1. The van der Waals surface area contributed by atoms with Crippen molar-refractivity contribution in [3.63, 3.8) is 0 Å². The molecule has 0 saturated carbocycles. The van der Waals surface area contributed by atoms with Crippen LogP contribution in [0, 0.1) is 5.92 Å². The summed E-state index contributed by atoms with van der Waals surface area (Å²) >= 11 is 1.67. The number of fused-ring (bicyclic) bond motifs is 1. The minimum absolute atomic E-state index is 0.179. The van der Waals surface area contributed by atoms with Crippen LogP contribution in [0.15, 0.2) is 16.1 Å². The van der Waals surface area contributed by atoms with Crippen molar-refractivity contribution in [2.75, 3.05) is 39.8 Å². The van der Waals surface area contributed by atoms with Crippen molar-refractivity contribution in [3.05, 3.63) is 11.1 Å². The number of carbonyl (C=O) groups is 1. The molecule has 3 aliphatic heterocycles. The average molecular weight is 308 g/mol. The highest BCUT2D eigenvalue weighted by Gasteiger charge is 2.26. The highest BCUT2D eigenvalue weighted by Crippen LogP contribution is 2.28. The molecule has 3 aliphatic rings. The van der Waals surface area contributed by atoms with Crippen molar-refractivity contribution in [1.82, 2.24) is 15.1 Å². The molecule has 5 nitrogen and oxygen atoms in total. The number of amides is 1. The SMILES string of the molecule is CN1CCC[C@H](CCC(=O)NCC2=CSC3=NCCN23)C1. The number of hydrogen-bond donors (Lipinski definition) is 1. The summed E-state index contributed by atoms with van der Waals surface area (Å²) in [6, 6.07) is 0. The molecule has 1 N–H and O–H groups in total. The van der Waals surface area contributed by atoms with E-state index in [1.165, 1.54) is 25.1 Å². The maximum absolute atomic E-state index is 12.0. The second-order valence-corrected chi connectivity index (χ2v) is 6.97. The number of likely N-dealkylation sites (tertiary alicyclic amines) is 1. The summed E-state index contributed by atoms with van der Waals surface area (Å²) in [5, 5.41) is 6.25. The zero-order valence-electron chi connectivity index (χ0n) is 12.7. The van der Waals surface area contributed by atoms with Gasteiger partial charge in [-0.05, 0) is 38.8 Å². The third-order valence-corrected chi connectivity index (χ3v) is 5.37. The van der Waals surface area contributed by atoms with Crippen molar-refractivity contribution in [2.45, 2.75) is 25.7 Å². The first-order valence-electron chi connectivity index (χ1n) is 7.85. The summed E-state index contributed by atoms with van der Waals surface area (Å²) in [6.07, 6.45) is 4.21. The van der Waals surface area contributed by atoms with Crippen LogP contribution in [0.25, 0.3) is 0 Å². The number of thioether (sulfide) groups is 1. The van der Waals surface area contributed by atoms with Gasteiger partial charge in [0.25, 0.3) is 0 Å². The summed E-state index contributed by atoms with van der Waals surface area (Å²) in [7, 11) is 2.17. The third-order valence-electron chi connectivity index (χ3n) is 4.42. The van der Waals surface area contributed by atoms with E-state index < -0.39 is 0 Å². The van der Waals surface area contributed by atoms with Gasteiger partial charge in [0.2, 0.25) is 5.91 Å². The molecule has 0 aromatic carbocycles. The molecule has 0 aromatic heterocycles. The number of nitrogens with one attached hydrogen (secondary N) is 1. The van der Waals surface area contributed by atoms with Gasteiger partial charge in [-0.1, -0.05) is 11.8 Å². The Kier molecular flexibility index (Phi) is 4.85. The van der Waals surface area contributed by atoms with Crippen LogP contribution in [0.1, 0.15) is 25.7 Å². The molecule has 0 unspecified atom stereocenters. The lowest BCUT2D eigenvalue weighted by Gasteiger charge is -2.29. The highest BCUT2D eigenvalue weighted by atomic mass is 32.2. The van der Waals surface area contributed by atoms with Gasteiger partial charge in [0.15, 0.2) is 5.17 Å². The third kappa shape index (κ3) is 3.80. The van der Waals surface area contributed by atoms with E-state index in [4.69, 9.17) is 0 Å². The molecule has 1 amide bonds. The minimum Gasteiger partial charge on any atom is -0.351 e. The summed E-state index contributed by atoms with van der Waals surface area (Å²) in [5.41, 5.74) is 1.18. The number of amidine groups is 1. The van der Waals surface area contributed by atoms with Gasteiger partial charge < -0.3 is 15.1 Å². The van der Waals surface area contributed by atoms with Gasteiger partial charge in [-0.2, -0.15) is 0 Å². The van der Waals surface area contributed by atoms with Crippen molar-refractivity contribution in [2.24, 2.45) is 10.9 Å². The molecule has 3 rings (SSSR count). The van der Waals surface area contributed by atoms with Crippen LogP contribution in [0.2, 0.25) is 0 Å². The zero-order valence-corrected chi connectivity index (χ0v) is 13.5. The number of rotatable bonds is 5. The first kappa shape index (κ1) is 14.9. The Balaban J connectivity index is 1.36. The molecule has 1 saturated heterocycles. The molecular formula is C15H24N4OS. The van der Waals surface area contributed by atoms with E-state index in [2.05, 4.69) is 32.6 Å². The van der Waals surface area contributed by atoms with E-state index in [0.717, 1.165) is 31.2 Å². The van der Waals surface area contributed by atoms with E-state index in [1.807, 2.05) is 0 Å². The van der Waals surface area contributed by atoms with Crippen LogP contribution in [0.4, 0.5) is 0 Å². The Morgan fingerprint density at radius 3 is 3.29 bits per heavy atom. The van der Waals surface area contributed by atoms with Crippen LogP contribution in [-0.2, 0) is 4.79 Å². The van der Waals surface area contributed by atoms with E-state index >= 15 is 0 Å². The molecule has 0 aliphatic carbocycles. The smallest absolute Gasteiger partial charge is 0.220 e. The lowest BCUT2D eigenvalue weighted by molar-refractivity contribution is -0.121. The first-order chi connectivity index (χ1) is 10.2. The van der Waals surface area contributed by atoms with E-state index in [0.29, 0.717) is 18.9 Å². The van der Waals surface area contributed by atoms with Crippen LogP contribution < -0.4 is 5.32 Å². The van der Waals surface area contributed by atoms with Gasteiger partial charge in [-0.25, -0.2) is 0 Å². The zero-order chi connectivity index (χ0) is 14.7. The molecular weight excluding hydrogens is 284 g/mol. The number of aliphatic imine (C=N–C) groups is 1.